The van der Waals surface area contributed by atoms with Gasteiger partial charge in [-0.15, -0.1) is 0 Å². The van der Waals surface area contributed by atoms with Crippen LogP contribution in [0.1, 0.15) is 30.7 Å². The zero-order valence-corrected chi connectivity index (χ0v) is 13.4. The van der Waals surface area contributed by atoms with Crippen LogP contribution in [0.2, 0.25) is 0 Å². The first kappa shape index (κ1) is 15.7. The van der Waals surface area contributed by atoms with E-state index in [-0.39, 0.29) is 11.8 Å². The van der Waals surface area contributed by atoms with Gasteiger partial charge in [0, 0.05) is 26.0 Å². The fourth-order valence-electron chi connectivity index (χ4n) is 3.22. The Morgan fingerprint density at radius 3 is 2.83 bits per heavy atom. The summed E-state index contributed by atoms with van der Waals surface area (Å²) >= 11 is 0. The van der Waals surface area contributed by atoms with Crippen LogP contribution in [0.25, 0.3) is 0 Å². The average Bonchev–Trinajstić information content (AvgIpc) is 3.17. The first-order valence-electron chi connectivity index (χ1n) is 8.12. The predicted molar refractivity (Wildman–Crippen MR) is 87.6 cm³/mol. The molecular formula is C18H23N3O2. The molecule has 23 heavy (non-hydrogen) atoms. The van der Waals surface area contributed by atoms with Gasteiger partial charge in [0.15, 0.2) is 0 Å². The molecule has 122 valence electrons. The third-order valence-electron chi connectivity index (χ3n) is 4.55. The second-order valence-electron chi connectivity index (χ2n) is 6.26. The van der Waals surface area contributed by atoms with Crippen molar-refractivity contribution >= 4 is 5.91 Å². The quantitative estimate of drug-likeness (QED) is 0.919. The van der Waals surface area contributed by atoms with Gasteiger partial charge in [-0.3, -0.25) is 4.79 Å². The monoisotopic (exact) mass is 313 g/mol. The van der Waals surface area contributed by atoms with Gasteiger partial charge in [-0.25, -0.2) is 4.98 Å². The Bertz CT molecular complexity index is 653. The molecule has 1 saturated carbocycles. The maximum atomic E-state index is 12.5. The van der Waals surface area contributed by atoms with Crippen molar-refractivity contribution in [3.05, 3.63) is 54.1 Å². The number of nitrogens with zero attached hydrogens (tertiary/aromatic N) is 3. The predicted octanol–water partition coefficient (Wildman–Crippen LogP) is 2.05. The molecule has 1 heterocycles. The summed E-state index contributed by atoms with van der Waals surface area (Å²) in [5.41, 5.74) is 1.20. The standard InChI is InChI=1S/C18H23N3O2/c1-20(18(23)15-8-5-9-16(15)22)13-17-19-10-11-21(17)12-14-6-3-2-4-7-14/h2-4,6-7,10-11,15-16,22H,5,8-9,12-13H2,1H3. The molecule has 1 aromatic heterocycles. The van der Waals surface area contributed by atoms with Crippen molar-refractivity contribution in [1.82, 2.24) is 14.5 Å². The Kier molecular flexibility index (Phi) is 4.76. The molecule has 0 bridgehead atoms. The summed E-state index contributed by atoms with van der Waals surface area (Å²) in [5.74, 6) is 0.624. The Morgan fingerprint density at radius 1 is 1.35 bits per heavy atom. The van der Waals surface area contributed by atoms with E-state index in [4.69, 9.17) is 0 Å². The van der Waals surface area contributed by atoms with Gasteiger partial charge in [0.25, 0.3) is 0 Å². The number of carbonyl (C=O) groups excluding carboxylic acids is 1. The van der Waals surface area contributed by atoms with Crippen LogP contribution in [0.15, 0.2) is 42.7 Å². The van der Waals surface area contributed by atoms with Crippen molar-refractivity contribution in [2.75, 3.05) is 7.05 Å². The van der Waals surface area contributed by atoms with Crippen LogP contribution >= 0.6 is 0 Å². The Morgan fingerprint density at radius 2 is 2.13 bits per heavy atom. The van der Waals surface area contributed by atoms with Crippen molar-refractivity contribution in [1.29, 1.82) is 0 Å². The van der Waals surface area contributed by atoms with E-state index in [1.54, 1.807) is 18.1 Å². The number of aliphatic hydroxyl groups excluding tert-OH is 1. The molecule has 5 heteroatoms. The molecule has 2 unspecified atom stereocenters. The molecule has 0 saturated heterocycles. The fourth-order valence-corrected chi connectivity index (χ4v) is 3.22. The lowest BCUT2D eigenvalue weighted by molar-refractivity contribution is -0.137. The van der Waals surface area contributed by atoms with Gasteiger partial charge < -0.3 is 14.6 Å². The van der Waals surface area contributed by atoms with Gasteiger partial charge in [0.2, 0.25) is 5.91 Å². The lowest BCUT2D eigenvalue weighted by atomic mass is 10.0. The number of hydrogen-bond acceptors (Lipinski definition) is 3. The summed E-state index contributed by atoms with van der Waals surface area (Å²) in [6, 6.07) is 10.2. The van der Waals surface area contributed by atoms with Crippen LogP contribution in [-0.4, -0.2) is 38.6 Å². The first-order valence-corrected chi connectivity index (χ1v) is 8.12. The summed E-state index contributed by atoms with van der Waals surface area (Å²) in [6.45, 7) is 1.20. The van der Waals surface area contributed by atoms with Gasteiger partial charge in [-0.1, -0.05) is 30.3 Å². The molecular weight excluding hydrogens is 290 g/mol. The summed E-state index contributed by atoms with van der Waals surface area (Å²) in [5, 5.41) is 9.92. The van der Waals surface area contributed by atoms with Gasteiger partial charge in [-0.2, -0.15) is 0 Å². The van der Waals surface area contributed by atoms with Crippen LogP contribution in [0.5, 0.6) is 0 Å². The SMILES string of the molecule is CN(Cc1nccn1Cc1ccccc1)C(=O)C1CCCC1O. The van der Waals surface area contributed by atoms with Gasteiger partial charge in [0.1, 0.15) is 5.82 Å². The maximum Gasteiger partial charge on any atom is 0.228 e. The highest BCUT2D eigenvalue weighted by Crippen LogP contribution is 2.27. The van der Waals surface area contributed by atoms with Gasteiger partial charge in [0.05, 0.1) is 18.6 Å². The van der Waals surface area contributed by atoms with Crippen LogP contribution < -0.4 is 0 Å². The van der Waals surface area contributed by atoms with Crippen molar-refractivity contribution in [2.24, 2.45) is 5.92 Å². The van der Waals surface area contributed by atoms with E-state index >= 15 is 0 Å². The third kappa shape index (κ3) is 3.62. The normalized spacial score (nSPS) is 20.6. The number of benzene rings is 1. The molecule has 3 rings (SSSR count). The zero-order valence-electron chi connectivity index (χ0n) is 13.4. The van der Waals surface area contributed by atoms with E-state index in [0.29, 0.717) is 6.54 Å². The molecule has 1 fully saturated rings. The topological polar surface area (TPSA) is 58.4 Å². The highest BCUT2D eigenvalue weighted by molar-refractivity contribution is 5.79. The minimum atomic E-state index is -0.492. The maximum absolute atomic E-state index is 12.5. The number of carbonyl (C=O) groups is 1. The second-order valence-corrected chi connectivity index (χ2v) is 6.26. The molecule has 0 aliphatic heterocycles. The number of hydrogen-bond donors (Lipinski definition) is 1. The molecule has 0 spiro atoms. The Balaban J connectivity index is 1.66. The lowest BCUT2D eigenvalue weighted by Crippen LogP contribution is -2.36. The van der Waals surface area contributed by atoms with E-state index in [0.717, 1.165) is 31.6 Å². The average molecular weight is 313 g/mol. The van der Waals surface area contributed by atoms with Crippen molar-refractivity contribution in [3.63, 3.8) is 0 Å². The highest BCUT2D eigenvalue weighted by atomic mass is 16.3. The van der Waals surface area contributed by atoms with Crippen LogP contribution in [0.3, 0.4) is 0 Å². The molecule has 1 amide bonds. The fraction of sp³-hybridized carbons (Fsp3) is 0.444. The van der Waals surface area contributed by atoms with Crippen LogP contribution in [0.4, 0.5) is 0 Å². The summed E-state index contributed by atoms with van der Waals surface area (Å²) < 4.78 is 2.06. The van der Waals surface area contributed by atoms with Gasteiger partial charge >= 0.3 is 0 Å². The lowest BCUT2D eigenvalue weighted by Gasteiger charge is -2.23. The summed E-state index contributed by atoms with van der Waals surface area (Å²) in [7, 11) is 1.79. The smallest absolute Gasteiger partial charge is 0.228 e. The van der Waals surface area contributed by atoms with Crippen molar-refractivity contribution in [2.45, 2.75) is 38.5 Å². The third-order valence-corrected chi connectivity index (χ3v) is 4.55. The number of rotatable bonds is 5. The second kappa shape index (κ2) is 6.96. The first-order chi connectivity index (χ1) is 11.1. The van der Waals surface area contributed by atoms with Crippen molar-refractivity contribution in [3.8, 4) is 0 Å². The molecule has 0 radical (unpaired) electrons. The van der Waals surface area contributed by atoms with Crippen molar-refractivity contribution < 1.29 is 9.90 Å². The molecule has 1 aliphatic carbocycles. The Labute approximate surface area is 136 Å². The highest BCUT2D eigenvalue weighted by Gasteiger charge is 2.33. The molecule has 2 aromatic rings. The number of aromatic nitrogens is 2. The van der Waals surface area contributed by atoms with Crippen LogP contribution in [0, 0.1) is 5.92 Å². The van der Waals surface area contributed by atoms with Crippen LogP contribution in [-0.2, 0) is 17.9 Å². The van der Waals surface area contributed by atoms with E-state index in [1.807, 2.05) is 24.4 Å². The van der Waals surface area contributed by atoms with E-state index in [1.165, 1.54) is 5.56 Å². The number of aliphatic hydroxyl groups is 1. The zero-order chi connectivity index (χ0) is 16.2. The van der Waals surface area contributed by atoms with E-state index in [9.17, 15) is 9.90 Å². The van der Waals surface area contributed by atoms with E-state index in [2.05, 4.69) is 21.7 Å². The van der Waals surface area contributed by atoms with E-state index < -0.39 is 6.10 Å². The number of imidazole rings is 1. The Hall–Kier alpha value is -2.14. The minimum absolute atomic E-state index is 0.0178. The molecule has 1 N–H and O–H groups in total. The summed E-state index contributed by atoms with van der Waals surface area (Å²) in [4.78, 5) is 18.6. The molecule has 5 nitrogen and oxygen atoms in total. The summed E-state index contributed by atoms with van der Waals surface area (Å²) in [6.07, 6.45) is 5.64. The minimum Gasteiger partial charge on any atom is -0.392 e. The largest absolute Gasteiger partial charge is 0.392 e. The van der Waals surface area contributed by atoms with Gasteiger partial charge in [-0.05, 0) is 24.8 Å². The molecule has 1 aromatic carbocycles. The number of amides is 1. The molecule has 2 atom stereocenters. The molecule has 1 aliphatic rings.